The van der Waals surface area contributed by atoms with Gasteiger partial charge in [0.2, 0.25) is 0 Å². The van der Waals surface area contributed by atoms with Crippen LogP contribution in [0.4, 0.5) is 0 Å². The summed E-state index contributed by atoms with van der Waals surface area (Å²) in [6.45, 7) is 7.62. The summed E-state index contributed by atoms with van der Waals surface area (Å²) in [5.41, 5.74) is -0.277. The van der Waals surface area contributed by atoms with Gasteiger partial charge >= 0.3 is 0 Å². The molecule has 1 fully saturated rings. The SMILES string of the molecule is CCCNC1(C#N)CCCC(N(C)C(C)CC)C1. The van der Waals surface area contributed by atoms with Crippen LogP contribution in [-0.2, 0) is 0 Å². The van der Waals surface area contributed by atoms with Gasteiger partial charge in [-0.15, -0.1) is 0 Å². The van der Waals surface area contributed by atoms with Crippen LogP contribution < -0.4 is 5.32 Å². The molecule has 3 unspecified atom stereocenters. The molecule has 0 spiro atoms. The average Bonchev–Trinajstić information content (AvgIpc) is 2.43. The molecule has 0 amide bonds. The molecular formula is C15H29N3. The number of nitrogens with zero attached hydrogens (tertiary/aromatic N) is 2. The lowest BCUT2D eigenvalue weighted by Gasteiger charge is -2.42. The molecule has 3 heteroatoms. The molecule has 0 aromatic rings. The van der Waals surface area contributed by atoms with Crippen LogP contribution in [0.5, 0.6) is 0 Å². The molecular weight excluding hydrogens is 222 g/mol. The summed E-state index contributed by atoms with van der Waals surface area (Å²) >= 11 is 0. The normalized spacial score (nSPS) is 30.1. The van der Waals surface area contributed by atoms with Crippen LogP contribution in [0.3, 0.4) is 0 Å². The highest BCUT2D eigenvalue weighted by atomic mass is 15.2. The molecule has 0 aliphatic heterocycles. The maximum absolute atomic E-state index is 9.53. The van der Waals surface area contributed by atoms with Gasteiger partial charge in [-0.1, -0.05) is 13.8 Å². The predicted molar refractivity (Wildman–Crippen MR) is 76.4 cm³/mol. The second kappa shape index (κ2) is 7.11. The lowest BCUT2D eigenvalue weighted by atomic mass is 9.79. The molecule has 0 aromatic heterocycles. The van der Waals surface area contributed by atoms with E-state index in [2.05, 4.69) is 44.1 Å². The van der Waals surface area contributed by atoms with Crippen LogP contribution in [-0.4, -0.2) is 36.1 Å². The highest BCUT2D eigenvalue weighted by Crippen LogP contribution is 2.31. The van der Waals surface area contributed by atoms with Crippen LogP contribution in [0.25, 0.3) is 0 Å². The fraction of sp³-hybridized carbons (Fsp3) is 0.933. The van der Waals surface area contributed by atoms with E-state index in [0.717, 1.165) is 32.2 Å². The van der Waals surface area contributed by atoms with Gasteiger partial charge in [-0.3, -0.25) is 5.32 Å². The number of nitriles is 1. The highest BCUT2D eigenvalue weighted by molar-refractivity contribution is 5.11. The highest BCUT2D eigenvalue weighted by Gasteiger charge is 2.37. The van der Waals surface area contributed by atoms with Crippen molar-refractivity contribution < 1.29 is 0 Å². The Morgan fingerprint density at radius 2 is 2.22 bits per heavy atom. The second-order valence-corrected chi connectivity index (χ2v) is 5.79. The van der Waals surface area contributed by atoms with E-state index in [1.165, 1.54) is 12.8 Å². The first-order valence-corrected chi connectivity index (χ1v) is 7.46. The van der Waals surface area contributed by atoms with Crippen molar-refractivity contribution in [2.24, 2.45) is 0 Å². The van der Waals surface area contributed by atoms with Crippen molar-refractivity contribution in [3.05, 3.63) is 0 Å². The minimum absolute atomic E-state index is 0.277. The molecule has 0 aromatic carbocycles. The largest absolute Gasteiger partial charge is 0.301 e. The molecule has 104 valence electrons. The molecule has 1 saturated carbocycles. The van der Waals surface area contributed by atoms with Gasteiger partial charge in [0.15, 0.2) is 0 Å². The summed E-state index contributed by atoms with van der Waals surface area (Å²) < 4.78 is 0. The number of rotatable bonds is 6. The fourth-order valence-electron chi connectivity index (χ4n) is 2.91. The van der Waals surface area contributed by atoms with E-state index in [4.69, 9.17) is 0 Å². The zero-order chi connectivity index (χ0) is 13.6. The lowest BCUT2D eigenvalue weighted by Crippen LogP contribution is -2.53. The molecule has 0 saturated heterocycles. The van der Waals surface area contributed by atoms with Crippen molar-refractivity contribution in [2.45, 2.75) is 76.9 Å². The van der Waals surface area contributed by atoms with Crippen LogP contribution >= 0.6 is 0 Å². The van der Waals surface area contributed by atoms with E-state index in [1.807, 2.05) is 0 Å². The number of hydrogen-bond donors (Lipinski definition) is 1. The van der Waals surface area contributed by atoms with E-state index in [1.54, 1.807) is 0 Å². The van der Waals surface area contributed by atoms with Crippen LogP contribution in [0.2, 0.25) is 0 Å². The zero-order valence-electron chi connectivity index (χ0n) is 12.5. The maximum Gasteiger partial charge on any atom is 0.108 e. The summed E-state index contributed by atoms with van der Waals surface area (Å²) in [7, 11) is 2.21. The van der Waals surface area contributed by atoms with Gasteiger partial charge in [0, 0.05) is 12.1 Å². The number of hydrogen-bond acceptors (Lipinski definition) is 3. The van der Waals surface area contributed by atoms with Gasteiger partial charge in [-0.2, -0.15) is 5.26 Å². The third-order valence-corrected chi connectivity index (χ3v) is 4.51. The Hall–Kier alpha value is -0.590. The molecule has 1 rings (SSSR count). The Balaban J connectivity index is 2.66. The summed E-state index contributed by atoms with van der Waals surface area (Å²) in [5, 5.41) is 13.0. The Bertz CT molecular complexity index is 284. The minimum Gasteiger partial charge on any atom is -0.301 e. The third kappa shape index (κ3) is 3.70. The standard InChI is InChI=1S/C15H29N3/c1-5-10-17-15(12-16)9-7-8-14(11-15)18(4)13(3)6-2/h13-14,17H,5-11H2,1-4H3. The van der Waals surface area contributed by atoms with Crippen molar-refractivity contribution in [2.75, 3.05) is 13.6 Å². The van der Waals surface area contributed by atoms with Gasteiger partial charge in [-0.25, -0.2) is 0 Å². The van der Waals surface area contributed by atoms with Gasteiger partial charge in [0.25, 0.3) is 0 Å². The summed E-state index contributed by atoms with van der Waals surface area (Å²) in [5.74, 6) is 0. The molecule has 0 heterocycles. The van der Waals surface area contributed by atoms with E-state index in [9.17, 15) is 5.26 Å². The molecule has 1 aliphatic rings. The summed E-state index contributed by atoms with van der Waals surface area (Å²) in [4.78, 5) is 2.47. The first kappa shape index (κ1) is 15.5. The van der Waals surface area contributed by atoms with Crippen molar-refractivity contribution >= 4 is 0 Å². The molecule has 3 atom stereocenters. The van der Waals surface area contributed by atoms with E-state index in [-0.39, 0.29) is 5.54 Å². The molecule has 3 nitrogen and oxygen atoms in total. The smallest absolute Gasteiger partial charge is 0.108 e. The Kier molecular flexibility index (Phi) is 6.11. The molecule has 18 heavy (non-hydrogen) atoms. The second-order valence-electron chi connectivity index (χ2n) is 5.79. The lowest BCUT2D eigenvalue weighted by molar-refractivity contribution is 0.110. The van der Waals surface area contributed by atoms with Gasteiger partial charge in [0.1, 0.15) is 5.54 Å². The minimum atomic E-state index is -0.277. The van der Waals surface area contributed by atoms with Crippen molar-refractivity contribution in [3.8, 4) is 6.07 Å². The molecule has 1 N–H and O–H groups in total. The molecule has 0 radical (unpaired) electrons. The Morgan fingerprint density at radius 3 is 2.78 bits per heavy atom. The maximum atomic E-state index is 9.53. The van der Waals surface area contributed by atoms with Crippen molar-refractivity contribution in [1.82, 2.24) is 10.2 Å². The van der Waals surface area contributed by atoms with Gasteiger partial charge in [-0.05, 0) is 59.0 Å². The third-order valence-electron chi connectivity index (χ3n) is 4.51. The predicted octanol–water partition coefficient (Wildman–Crippen LogP) is 2.92. The monoisotopic (exact) mass is 251 g/mol. The van der Waals surface area contributed by atoms with Gasteiger partial charge in [0.05, 0.1) is 6.07 Å². The fourth-order valence-corrected chi connectivity index (χ4v) is 2.91. The number of nitrogens with one attached hydrogen (secondary N) is 1. The van der Waals surface area contributed by atoms with Crippen LogP contribution in [0.1, 0.15) is 59.3 Å². The molecule has 0 bridgehead atoms. The van der Waals surface area contributed by atoms with Crippen molar-refractivity contribution in [1.29, 1.82) is 5.26 Å². The van der Waals surface area contributed by atoms with Gasteiger partial charge < -0.3 is 4.90 Å². The Morgan fingerprint density at radius 1 is 1.50 bits per heavy atom. The van der Waals surface area contributed by atoms with E-state index in [0.29, 0.717) is 12.1 Å². The Labute approximate surface area is 113 Å². The first-order chi connectivity index (χ1) is 8.58. The zero-order valence-corrected chi connectivity index (χ0v) is 12.5. The molecule has 1 aliphatic carbocycles. The van der Waals surface area contributed by atoms with Crippen LogP contribution in [0.15, 0.2) is 0 Å². The van der Waals surface area contributed by atoms with Crippen molar-refractivity contribution in [3.63, 3.8) is 0 Å². The van der Waals surface area contributed by atoms with E-state index < -0.39 is 0 Å². The first-order valence-electron chi connectivity index (χ1n) is 7.46. The van der Waals surface area contributed by atoms with Crippen LogP contribution in [0, 0.1) is 11.3 Å². The van der Waals surface area contributed by atoms with E-state index >= 15 is 0 Å². The average molecular weight is 251 g/mol. The quantitative estimate of drug-likeness (QED) is 0.789. The summed E-state index contributed by atoms with van der Waals surface area (Å²) in [6, 6.07) is 3.72. The topological polar surface area (TPSA) is 39.1 Å². The summed E-state index contributed by atoms with van der Waals surface area (Å²) in [6.07, 6.45) is 6.65.